The summed E-state index contributed by atoms with van der Waals surface area (Å²) in [5.74, 6) is -1.79. The van der Waals surface area contributed by atoms with Gasteiger partial charge in [0.15, 0.2) is 29.7 Å². The van der Waals surface area contributed by atoms with Gasteiger partial charge in [0, 0.05) is 32.4 Å². The van der Waals surface area contributed by atoms with Gasteiger partial charge in [-0.15, -0.1) is 11.8 Å². The Morgan fingerprint density at radius 1 is 1.06 bits per heavy atom. The Kier molecular flexibility index (Phi) is 8.27. The molecule has 3 fully saturated rings. The lowest BCUT2D eigenvalue weighted by atomic mass is 10.1. The Morgan fingerprint density at radius 3 is 2.34 bits per heavy atom. The molecule has 0 radical (unpaired) electrons. The minimum atomic E-state index is -1.03. The number of esters is 3. The quantitative estimate of drug-likeness (QED) is 0.214. The number of nitrogens with two attached hydrogens (primary N) is 1. The molecule has 178 valence electrons. The zero-order valence-corrected chi connectivity index (χ0v) is 19.3. The molecule has 0 unspecified atom stereocenters. The number of hydrazone groups is 1. The largest absolute Gasteiger partial charge is 0.456 e. The summed E-state index contributed by atoms with van der Waals surface area (Å²) in [4.78, 5) is 35.0. The third kappa shape index (κ3) is 6.28. The molecular weight excluding hydrogens is 466 g/mol. The number of nitrogens with one attached hydrogen (secondary N) is 1. The summed E-state index contributed by atoms with van der Waals surface area (Å²) in [6.07, 6.45) is -3.37. The summed E-state index contributed by atoms with van der Waals surface area (Å²) in [6, 6.07) is 0. The van der Waals surface area contributed by atoms with Crippen molar-refractivity contribution in [1.82, 2.24) is 5.43 Å². The number of ether oxygens (including phenoxy) is 6. The van der Waals surface area contributed by atoms with Crippen molar-refractivity contribution in [2.24, 2.45) is 10.8 Å². The van der Waals surface area contributed by atoms with E-state index in [-0.39, 0.29) is 23.1 Å². The number of carbonyl (C=O) groups excluding carboxylic acids is 3. The molecule has 0 aromatic heterocycles. The number of nitrogens with zero attached hydrogens (tertiary/aromatic N) is 1. The fraction of sp³-hybridized carbons (Fsp3) is 0.722. The minimum absolute atomic E-state index is 0.00750. The number of thioether (sulfide) groups is 1. The lowest BCUT2D eigenvalue weighted by Gasteiger charge is -2.42. The smallest absolute Gasteiger partial charge is 0.303 e. The topological polar surface area (TPSA) is 157 Å². The first-order valence-corrected chi connectivity index (χ1v) is 11.2. The molecule has 14 heteroatoms. The van der Waals surface area contributed by atoms with E-state index in [4.69, 9.17) is 46.4 Å². The SMILES string of the molecule is CC(=O)O[C@@H]1[C@@H](OC(C)=O)[C@H](S[C@@H]2C/C(=N/NC(N)=S)[C@@H]3OC[C@H]2O3)OC[C@@H]1OC(C)=O. The van der Waals surface area contributed by atoms with Crippen LogP contribution in [-0.2, 0) is 42.8 Å². The van der Waals surface area contributed by atoms with Crippen molar-refractivity contribution in [2.45, 2.75) is 68.6 Å². The van der Waals surface area contributed by atoms with Crippen LogP contribution in [0.4, 0.5) is 0 Å². The molecule has 0 saturated carbocycles. The molecule has 3 saturated heterocycles. The van der Waals surface area contributed by atoms with Crippen LogP contribution in [0.3, 0.4) is 0 Å². The van der Waals surface area contributed by atoms with Crippen molar-refractivity contribution in [3.05, 3.63) is 0 Å². The van der Waals surface area contributed by atoms with Crippen molar-refractivity contribution in [1.29, 1.82) is 0 Å². The fourth-order valence-electron chi connectivity index (χ4n) is 3.58. The maximum Gasteiger partial charge on any atom is 0.303 e. The molecule has 2 bridgehead atoms. The predicted molar refractivity (Wildman–Crippen MR) is 114 cm³/mol. The summed E-state index contributed by atoms with van der Waals surface area (Å²) in [7, 11) is 0. The van der Waals surface area contributed by atoms with Crippen LogP contribution in [0.2, 0.25) is 0 Å². The number of rotatable bonds is 6. The highest BCUT2D eigenvalue weighted by molar-refractivity contribution is 8.00. The van der Waals surface area contributed by atoms with E-state index in [0.717, 1.165) is 0 Å². The highest BCUT2D eigenvalue weighted by atomic mass is 32.2. The predicted octanol–water partition coefficient (Wildman–Crippen LogP) is -0.426. The summed E-state index contributed by atoms with van der Waals surface area (Å²) in [6.45, 7) is 3.96. The zero-order valence-electron chi connectivity index (χ0n) is 17.7. The second-order valence-electron chi connectivity index (χ2n) is 7.30. The maximum atomic E-state index is 11.8. The average molecular weight is 492 g/mol. The monoisotopic (exact) mass is 491 g/mol. The minimum Gasteiger partial charge on any atom is -0.456 e. The molecule has 0 aromatic carbocycles. The summed E-state index contributed by atoms with van der Waals surface area (Å²) < 4.78 is 33.4. The van der Waals surface area contributed by atoms with Crippen LogP contribution < -0.4 is 11.2 Å². The van der Waals surface area contributed by atoms with Crippen molar-refractivity contribution in [2.75, 3.05) is 13.2 Å². The molecule has 32 heavy (non-hydrogen) atoms. The van der Waals surface area contributed by atoms with Crippen molar-refractivity contribution < 1.29 is 42.8 Å². The van der Waals surface area contributed by atoms with E-state index in [9.17, 15) is 14.4 Å². The molecule has 12 nitrogen and oxygen atoms in total. The fourth-order valence-corrected chi connectivity index (χ4v) is 5.08. The molecule has 3 N–H and O–H groups in total. The Morgan fingerprint density at radius 2 is 1.72 bits per heavy atom. The molecule has 3 aliphatic heterocycles. The van der Waals surface area contributed by atoms with Gasteiger partial charge in [-0.1, -0.05) is 0 Å². The van der Waals surface area contributed by atoms with Gasteiger partial charge < -0.3 is 34.2 Å². The van der Waals surface area contributed by atoms with Gasteiger partial charge in [0.25, 0.3) is 0 Å². The molecular formula is C18H25N3O9S2. The molecule has 0 amide bonds. The molecule has 3 heterocycles. The molecule has 3 rings (SSSR count). The van der Waals surface area contributed by atoms with E-state index in [1.54, 1.807) is 0 Å². The molecule has 0 spiro atoms. The van der Waals surface area contributed by atoms with E-state index >= 15 is 0 Å². The van der Waals surface area contributed by atoms with E-state index in [2.05, 4.69) is 10.5 Å². The van der Waals surface area contributed by atoms with Crippen LogP contribution in [0.15, 0.2) is 5.10 Å². The Labute approximate surface area is 193 Å². The van der Waals surface area contributed by atoms with Crippen LogP contribution in [0.1, 0.15) is 27.2 Å². The van der Waals surface area contributed by atoms with Crippen molar-refractivity contribution in [3.63, 3.8) is 0 Å². The van der Waals surface area contributed by atoms with Gasteiger partial charge in [0.2, 0.25) is 0 Å². The number of hydrogen-bond acceptors (Lipinski definition) is 12. The Hall–Kier alpha value is -2.00. The van der Waals surface area contributed by atoms with E-state index in [1.165, 1.54) is 32.5 Å². The summed E-state index contributed by atoms with van der Waals surface area (Å²) in [5.41, 5.74) is 7.81. The standard InChI is InChI=1S/C18H25N3O9S2/c1-7(22)27-12-6-26-17(15(29-9(3)24)14(12)28-8(2)23)32-13-4-10(20-21-18(19)31)16-25-5-11(13)30-16/h11-17H,4-6H2,1-3H3,(H3,19,21,31)/b20-10-/t11-,12+,13-,14+,15-,16-,17+/m1/s1. The van der Waals surface area contributed by atoms with Gasteiger partial charge in [-0.05, 0) is 12.2 Å². The number of fused-ring (bicyclic) bond motifs is 2. The number of hydrogen-bond donors (Lipinski definition) is 2. The van der Waals surface area contributed by atoms with Gasteiger partial charge in [-0.2, -0.15) is 5.10 Å². The molecule has 7 atom stereocenters. The van der Waals surface area contributed by atoms with Crippen LogP contribution in [0.25, 0.3) is 0 Å². The van der Waals surface area contributed by atoms with Crippen molar-refractivity contribution in [3.8, 4) is 0 Å². The third-order valence-electron chi connectivity index (χ3n) is 4.73. The van der Waals surface area contributed by atoms with Gasteiger partial charge in [0.1, 0.15) is 5.44 Å². The summed E-state index contributed by atoms with van der Waals surface area (Å²) in [5, 5.41) is 3.98. The maximum absolute atomic E-state index is 11.8. The van der Waals surface area contributed by atoms with Gasteiger partial charge in [-0.3, -0.25) is 19.8 Å². The lowest BCUT2D eigenvalue weighted by Crippen LogP contribution is -2.57. The zero-order chi connectivity index (χ0) is 23.4. The van der Waals surface area contributed by atoms with E-state index in [0.29, 0.717) is 18.7 Å². The first-order valence-electron chi connectivity index (χ1n) is 9.81. The van der Waals surface area contributed by atoms with Crippen LogP contribution in [-0.4, -0.2) is 83.3 Å². The van der Waals surface area contributed by atoms with Crippen LogP contribution in [0, 0.1) is 0 Å². The first-order chi connectivity index (χ1) is 15.1. The van der Waals surface area contributed by atoms with E-state index < -0.39 is 47.9 Å². The molecule has 3 aliphatic rings. The normalized spacial score (nSPS) is 35.1. The van der Waals surface area contributed by atoms with Crippen LogP contribution in [0.5, 0.6) is 0 Å². The highest BCUT2D eigenvalue weighted by Gasteiger charge is 2.50. The number of carbonyl (C=O) groups is 3. The van der Waals surface area contributed by atoms with Crippen LogP contribution >= 0.6 is 24.0 Å². The second-order valence-corrected chi connectivity index (χ2v) is 9.08. The first kappa shape index (κ1) is 24.6. The third-order valence-corrected chi connectivity index (χ3v) is 6.31. The Balaban J connectivity index is 1.79. The molecule has 0 aromatic rings. The van der Waals surface area contributed by atoms with Gasteiger partial charge in [-0.25, -0.2) is 0 Å². The van der Waals surface area contributed by atoms with E-state index in [1.807, 2.05) is 0 Å². The van der Waals surface area contributed by atoms with Gasteiger partial charge in [0.05, 0.1) is 25.0 Å². The summed E-state index contributed by atoms with van der Waals surface area (Å²) >= 11 is 6.11. The average Bonchev–Trinajstić information content (AvgIpc) is 3.11. The van der Waals surface area contributed by atoms with Gasteiger partial charge >= 0.3 is 17.9 Å². The highest BCUT2D eigenvalue weighted by Crippen LogP contribution is 2.39. The number of thiocarbonyl (C=S) groups is 1. The molecule has 0 aliphatic carbocycles. The van der Waals surface area contributed by atoms with Crippen molar-refractivity contribution >= 4 is 52.7 Å². The Bertz CT molecular complexity index is 796. The second kappa shape index (κ2) is 10.7. The lowest BCUT2D eigenvalue weighted by molar-refractivity contribution is -0.213.